The van der Waals surface area contributed by atoms with Gasteiger partial charge in [-0.25, -0.2) is 9.59 Å². The van der Waals surface area contributed by atoms with Crippen LogP contribution in [-0.4, -0.2) is 66.4 Å². The van der Waals surface area contributed by atoms with E-state index in [2.05, 4.69) is 10.6 Å². The first-order valence-corrected chi connectivity index (χ1v) is 15.9. The molecule has 6 rings (SSSR count). The molecule has 2 aromatic carbocycles. The van der Waals surface area contributed by atoms with E-state index in [-0.39, 0.29) is 24.7 Å². The molecular weight excluding hydrogens is 612 g/mol. The molecular formula is C36H40N6O6. The zero-order valence-corrected chi connectivity index (χ0v) is 27.9. The maximum Gasteiger partial charge on any atom is 0.415 e. The Morgan fingerprint density at radius 1 is 0.646 bits per heavy atom. The summed E-state index contributed by atoms with van der Waals surface area (Å²) in [5, 5.41) is 7.28. The van der Waals surface area contributed by atoms with E-state index in [1.807, 2.05) is 70.3 Å². The number of hydrogen-bond acceptors (Lipinski definition) is 6. The average Bonchev–Trinajstić information content (AvgIpc) is 3.55. The van der Waals surface area contributed by atoms with Gasteiger partial charge in [-0.2, -0.15) is 0 Å². The highest BCUT2D eigenvalue weighted by Crippen LogP contribution is 2.30. The van der Waals surface area contributed by atoms with Gasteiger partial charge in [0.15, 0.2) is 0 Å². The second-order valence-corrected chi connectivity index (χ2v) is 13.9. The quantitative estimate of drug-likeness (QED) is 0.297. The highest BCUT2D eigenvalue weighted by Gasteiger charge is 2.36. The van der Waals surface area contributed by atoms with Crippen LogP contribution in [0, 0.1) is 0 Å². The molecule has 2 atom stereocenters. The monoisotopic (exact) mass is 652 g/mol. The zero-order chi connectivity index (χ0) is 34.4. The Morgan fingerprint density at radius 3 is 1.40 bits per heavy atom. The lowest BCUT2D eigenvalue weighted by Crippen LogP contribution is -2.51. The highest BCUT2D eigenvalue weighted by molar-refractivity contribution is 5.92. The van der Waals surface area contributed by atoms with E-state index in [0.29, 0.717) is 0 Å². The van der Waals surface area contributed by atoms with Gasteiger partial charge in [0.05, 0.1) is 11.0 Å². The Balaban J connectivity index is 1.38. The van der Waals surface area contributed by atoms with Gasteiger partial charge in [0.2, 0.25) is 11.8 Å². The van der Waals surface area contributed by atoms with Crippen LogP contribution in [0.4, 0.5) is 9.59 Å². The van der Waals surface area contributed by atoms with Gasteiger partial charge < -0.3 is 20.1 Å². The third-order valence-electron chi connectivity index (χ3n) is 8.02. The van der Waals surface area contributed by atoms with E-state index in [0.717, 1.165) is 32.9 Å². The number of nitrogens with one attached hydrogen (secondary N) is 2. The molecule has 4 amide bonds. The van der Waals surface area contributed by atoms with E-state index >= 15 is 0 Å². The molecule has 250 valence electrons. The van der Waals surface area contributed by atoms with Gasteiger partial charge in [-0.05, 0) is 64.8 Å². The van der Waals surface area contributed by atoms with Crippen LogP contribution in [-0.2, 0) is 31.9 Å². The molecule has 0 aliphatic carbocycles. The number of carbonyl (C=O) groups excluding carboxylic acids is 4. The number of rotatable bonds is 5. The molecule has 2 unspecified atom stereocenters. The first-order chi connectivity index (χ1) is 22.7. The molecule has 0 fully saturated rings. The topological polar surface area (TPSA) is 127 Å². The average molecular weight is 653 g/mol. The summed E-state index contributed by atoms with van der Waals surface area (Å²) < 4.78 is 15.2. The predicted octanol–water partition coefficient (Wildman–Crippen LogP) is 5.41. The minimum Gasteiger partial charge on any atom is -0.443 e. The smallest absolute Gasteiger partial charge is 0.415 e. The Kier molecular flexibility index (Phi) is 8.28. The van der Waals surface area contributed by atoms with Gasteiger partial charge in [-0.1, -0.05) is 36.4 Å². The third kappa shape index (κ3) is 6.51. The lowest BCUT2D eigenvalue weighted by Gasteiger charge is -2.32. The molecule has 2 N–H and O–H groups in total. The van der Waals surface area contributed by atoms with Crippen molar-refractivity contribution in [2.45, 2.75) is 77.7 Å². The van der Waals surface area contributed by atoms with Crippen molar-refractivity contribution in [3.8, 4) is 0 Å². The van der Waals surface area contributed by atoms with Gasteiger partial charge in [0, 0.05) is 60.8 Å². The van der Waals surface area contributed by atoms with Crippen molar-refractivity contribution in [1.82, 2.24) is 29.8 Å². The number of carbonyl (C=O) groups is 4. The Bertz CT molecular complexity index is 1830. The summed E-state index contributed by atoms with van der Waals surface area (Å²) in [6, 6.07) is 14.0. The normalized spacial score (nSPS) is 18.3. The lowest BCUT2D eigenvalue weighted by molar-refractivity contribution is -0.126. The van der Waals surface area contributed by atoms with Gasteiger partial charge >= 0.3 is 12.2 Å². The molecule has 0 saturated carbocycles. The van der Waals surface area contributed by atoms with E-state index in [4.69, 9.17) is 9.47 Å². The summed E-state index contributed by atoms with van der Waals surface area (Å²) in [5.41, 5.74) is 1.99. The summed E-state index contributed by atoms with van der Waals surface area (Å²) in [4.78, 5) is 55.2. The van der Waals surface area contributed by atoms with Crippen molar-refractivity contribution < 1.29 is 28.7 Å². The molecule has 0 bridgehead atoms. The number of fused-ring (bicyclic) bond motifs is 2. The van der Waals surface area contributed by atoms with Crippen LogP contribution in [0.5, 0.6) is 0 Å². The Morgan fingerprint density at radius 2 is 1.02 bits per heavy atom. The van der Waals surface area contributed by atoms with Crippen molar-refractivity contribution in [2.75, 3.05) is 0 Å². The van der Waals surface area contributed by atoms with Gasteiger partial charge in [-0.3, -0.25) is 28.7 Å². The fraction of sp³-hybridized carbons (Fsp3) is 0.333. The number of ether oxygens (including phenoxy) is 2. The minimum absolute atomic E-state index is 0.231. The van der Waals surface area contributed by atoms with E-state index < -0.39 is 35.5 Å². The molecule has 4 heterocycles. The van der Waals surface area contributed by atoms with Crippen LogP contribution < -0.4 is 10.6 Å². The molecule has 4 aromatic rings. The van der Waals surface area contributed by atoms with Crippen molar-refractivity contribution in [1.29, 1.82) is 0 Å². The summed E-state index contributed by atoms with van der Waals surface area (Å²) in [5.74, 6) is -0.633. The van der Waals surface area contributed by atoms with Crippen molar-refractivity contribution in [2.24, 2.45) is 0 Å². The van der Waals surface area contributed by atoms with E-state index in [1.54, 1.807) is 41.5 Å². The second-order valence-electron chi connectivity index (χ2n) is 13.9. The first kappa shape index (κ1) is 32.4. The zero-order valence-electron chi connectivity index (χ0n) is 27.9. The highest BCUT2D eigenvalue weighted by atomic mass is 16.6. The second kappa shape index (κ2) is 12.3. The molecule has 0 spiro atoms. The van der Waals surface area contributed by atoms with Crippen LogP contribution >= 0.6 is 0 Å². The minimum atomic E-state index is -0.835. The molecule has 12 heteroatoms. The van der Waals surface area contributed by atoms with Gasteiger partial charge in [0.1, 0.15) is 23.3 Å². The number of hydrogen-bond donors (Lipinski definition) is 2. The number of aromatic nitrogens is 2. The van der Waals surface area contributed by atoms with Crippen molar-refractivity contribution >= 4 is 45.8 Å². The predicted molar refractivity (Wildman–Crippen MR) is 180 cm³/mol. The van der Waals surface area contributed by atoms with Crippen LogP contribution in [0.1, 0.15) is 52.7 Å². The summed E-state index contributed by atoms with van der Waals surface area (Å²) in [6.45, 7) is 10.7. The first-order valence-electron chi connectivity index (χ1n) is 15.9. The number of para-hydroxylation sites is 2. The molecule has 12 nitrogen and oxygen atoms in total. The fourth-order valence-electron chi connectivity index (χ4n) is 6.00. The maximum atomic E-state index is 13.1. The van der Waals surface area contributed by atoms with E-state index in [1.165, 1.54) is 34.6 Å². The maximum absolute atomic E-state index is 13.1. The van der Waals surface area contributed by atoms with Crippen LogP contribution in [0.15, 0.2) is 85.7 Å². The summed E-state index contributed by atoms with van der Waals surface area (Å²) in [6.07, 6.45) is 9.10. The summed E-state index contributed by atoms with van der Waals surface area (Å²) >= 11 is 0. The van der Waals surface area contributed by atoms with Crippen molar-refractivity contribution in [3.63, 3.8) is 0 Å². The van der Waals surface area contributed by atoms with Crippen LogP contribution in [0.25, 0.3) is 21.8 Å². The Labute approximate surface area is 278 Å². The number of amides is 4. The van der Waals surface area contributed by atoms with Gasteiger partial charge in [0.25, 0.3) is 0 Å². The van der Waals surface area contributed by atoms with Gasteiger partial charge in [-0.15, -0.1) is 0 Å². The summed E-state index contributed by atoms with van der Waals surface area (Å²) in [7, 11) is 0. The number of benzene rings is 2. The molecule has 0 radical (unpaired) electrons. The third-order valence-corrected chi connectivity index (χ3v) is 8.02. The lowest BCUT2D eigenvalue weighted by atomic mass is 10.0. The molecule has 48 heavy (non-hydrogen) atoms. The molecule has 2 aliphatic rings. The SMILES string of the molecule is CC(C)(C)OC(=O)N1C=CNC(=O)C1Cc1cn(-n2cc(CC3C(=O)NC=CN3C(=O)OC(C)(C)C)c3ccccc32)c2ccccc12. The number of nitrogens with zero attached hydrogens (tertiary/aromatic N) is 4. The molecule has 2 aliphatic heterocycles. The van der Waals surface area contributed by atoms with Crippen LogP contribution in [0.3, 0.4) is 0 Å². The fourth-order valence-corrected chi connectivity index (χ4v) is 6.00. The van der Waals surface area contributed by atoms with Crippen LogP contribution in [0.2, 0.25) is 0 Å². The largest absolute Gasteiger partial charge is 0.443 e. The van der Waals surface area contributed by atoms with Crippen molar-refractivity contribution in [3.05, 3.63) is 96.9 Å². The Hall–Kier alpha value is -5.52. The molecule has 0 saturated heterocycles. The van der Waals surface area contributed by atoms with E-state index in [9.17, 15) is 19.2 Å². The molecule has 2 aromatic heterocycles. The standard InChI is InChI=1S/C36H40N6O6/c1-35(2,3)47-33(45)39-17-15-37-31(43)29(39)19-23-21-41(27-13-9-7-11-25(23)27)42-22-24(26-12-8-10-14-28(26)42)20-30-32(44)38-16-18-40(30)34(46)48-36(4,5)6/h7-18,21-22,29-30H,19-20H2,1-6H3,(H,37,43)(H,38,44).